The summed E-state index contributed by atoms with van der Waals surface area (Å²) in [4.78, 5) is 16.2. The zero-order chi connectivity index (χ0) is 18.5. The maximum atomic E-state index is 11.5. The van der Waals surface area contributed by atoms with Crippen molar-refractivity contribution < 1.29 is 9.53 Å². The molecule has 0 radical (unpaired) electrons. The fourth-order valence-electron chi connectivity index (χ4n) is 3.21. The molecule has 1 aliphatic carbocycles. The van der Waals surface area contributed by atoms with E-state index in [0.29, 0.717) is 25.1 Å². The van der Waals surface area contributed by atoms with Crippen LogP contribution in [0.15, 0.2) is 4.99 Å². The number of aliphatic imine (C=N–C) groups is 1. The number of ether oxygens (including phenoxy) is 1. The van der Waals surface area contributed by atoms with Crippen LogP contribution >= 0.6 is 24.0 Å². The fourth-order valence-corrected chi connectivity index (χ4v) is 3.21. The molecule has 0 aromatic carbocycles. The van der Waals surface area contributed by atoms with Gasteiger partial charge in [-0.3, -0.25) is 9.79 Å². The highest BCUT2D eigenvalue weighted by molar-refractivity contribution is 14.0. The van der Waals surface area contributed by atoms with Gasteiger partial charge in [0, 0.05) is 38.7 Å². The van der Waals surface area contributed by atoms with E-state index in [1.54, 1.807) is 0 Å². The van der Waals surface area contributed by atoms with E-state index >= 15 is 0 Å². The Hall–Kier alpha value is -0.570. The standard InChI is InChI=1S/C19H38N4O2.HI/c1-5-20-19(23-14-13-21-18(24)15(3)4)22-12-11-17(25-6-2)16-9-7-8-10-16;/h15-17H,5-14H2,1-4H3,(H,21,24)(H2,20,22,23);1H. The number of hydrogen-bond donors (Lipinski definition) is 3. The minimum Gasteiger partial charge on any atom is -0.378 e. The summed E-state index contributed by atoms with van der Waals surface area (Å²) in [6, 6.07) is 0. The highest BCUT2D eigenvalue weighted by atomic mass is 127. The lowest BCUT2D eigenvalue weighted by Crippen LogP contribution is -2.42. The summed E-state index contributed by atoms with van der Waals surface area (Å²) in [7, 11) is 0. The molecule has 1 rings (SSSR count). The smallest absolute Gasteiger partial charge is 0.222 e. The second-order valence-corrected chi connectivity index (χ2v) is 6.96. The first-order valence-electron chi connectivity index (χ1n) is 9.99. The Bertz CT molecular complexity index is 399. The predicted molar refractivity (Wildman–Crippen MR) is 119 cm³/mol. The van der Waals surface area contributed by atoms with Gasteiger partial charge in [-0.15, -0.1) is 24.0 Å². The van der Waals surface area contributed by atoms with Crippen molar-refractivity contribution in [3.63, 3.8) is 0 Å². The third-order valence-electron chi connectivity index (χ3n) is 4.58. The van der Waals surface area contributed by atoms with Crippen LogP contribution in [0.3, 0.4) is 0 Å². The maximum Gasteiger partial charge on any atom is 0.222 e. The van der Waals surface area contributed by atoms with Crippen LogP contribution in [-0.2, 0) is 9.53 Å². The minimum atomic E-state index is 0. The molecular weight excluding hydrogens is 443 g/mol. The van der Waals surface area contributed by atoms with Gasteiger partial charge in [0.15, 0.2) is 5.96 Å². The van der Waals surface area contributed by atoms with Crippen molar-refractivity contribution in [2.75, 3.05) is 32.8 Å². The maximum absolute atomic E-state index is 11.5. The molecule has 1 atom stereocenters. The molecule has 1 unspecified atom stereocenters. The molecule has 0 aliphatic heterocycles. The Morgan fingerprint density at radius 1 is 1.12 bits per heavy atom. The SMILES string of the molecule is CCNC(=NCCC(OCC)C1CCCC1)NCCNC(=O)C(C)C.I. The molecule has 1 fully saturated rings. The average Bonchev–Trinajstić information content (AvgIpc) is 3.11. The van der Waals surface area contributed by atoms with Gasteiger partial charge in [-0.2, -0.15) is 0 Å². The molecule has 6 nitrogen and oxygen atoms in total. The number of carbonyl (C=O) groups is 1. The molecule has 0 saturated heterocycles. The number of nitrogens with zero attached hydrogens (tertiary/aromatic N) is 1. The molecule has 0 spiro atoms. The molecule has 0 bridgehead atoms. The van der Waals surface area contributed by atoms with E-state index < -0.39 is 0 Å². The Labute approximate surface area is 176 Å². The molecule has 0 aromatic heterocycles. The van der Waals surface area contributed by atoms with Crippen LogP contribution in [0.25, 0.3) is 0 Å². The quantitative estimate of drug-likeness (QED) is 0.183. The third-order valence-corrected chi connectivity index (χ3v) is 4.58. The van der Waals surface area contributed by atoms with E-state index in [1.807, 2.05) is 13.8 Å². The van der Waals surface area contributed by atoms with E-state index in [9.17, 15) is 4.79 Å². The van der Waals surface area contributed by atoms with E-state index in [1.165, 1.54) is 25.7 Å². The molecule has 7 heteroatoms. The van der Waals surface area contributed by atoms with Crippen molar-refractivity contribution in [1.29, 1.82) is 0 Å². The van der Waals surface area contributed by atoms with Gasteiger partial charge < -0.3 is 20.7 Å². The topological polar surface area (TPSA) is 74.8 Å². The molecule has 0 heterocycles. The summed E-state index contributed by atoms with van der Waals surface area (Å²) in [5.41, 5.74) is 0. The number of amides is 1. The molecule has 3 N–H and O–H groups in total. The summed E-state index contributed by atoms with van der Waals surface area (Å²) in [6.07, 6.45) is 6.57. The van der Waals surface area contributed by atoms with E-state index in [2.05, 4.69) is 34.8 Å². The highest BCUT2D eigenvalue weighted by Crippen LogP contribution is 2.30. The van der Waals surface area contributed by atoms with Crippen LogP contribution < -0.4 is 16.0 Å². The number of nitrogens with one attached hydrogen (secondary N) is 3. The van der Waals surface area contributed by atoms with E-state index in [-0.39, 0.29) is 35.8 Å². The number of halogens is 1. The molecule has 1 amide bonds. The number of carbonyl (C=O) groups excluding carboxylic acids is 1. The summed E-state index contributed by atoms with van der Waals surface area (Å²) in [6.45, 7) is 11.5. The summed E-state index contributed by atoms with van der Waals surface area (Å²) in [5, 5.41) is 9.43. The van der Waals surface area contributed by atoms with Crippen molar-refractivity contribution >= 4 is 35.8 Å². The molecular formula is C19H39IN4O2. The first kappa shape index (κ1) is 25.4. The lowest BCUT2D eigenvalue weighted by Gasteiger charge is -2.22. The third kappa shape index (κ3) is 10.5. The van der Waals surface area contributed by atoms with Gasteiger partial charge in [0.2, 0.25) is 5.91 Å². The number of hydrogen-bond acceptors (Lipinski definition) is 3. The van der Waals surface area contributed by atoms with Gasteiger partial charge in [-0.25, -0.2) is 0 Å². The van der Waals surface area contributed by atoms with Crippen molar-refractivity contribution in [1.82, 2.24) is 16.0 Å². The minimum absolute atomic E-state index is 0. The van der Waals surface area contributed by atoms with Gasteiger partial charge in [-0.05, 0) is 39.0 Å². The molecule has 26 heavy (non-hydrogen) atoms. The number of guanidine groups is 1. The lowest BCUT2D eigenvalue weighted by atomic mass is 9.98. The van der Waals surface area contributed by atoms with E-state index in [0.717, 1.165) is 32.1 Å². The number of rotatable bonds is 11. The second-order valence-electron chi connectivity index (χ2n) is 6.96. The van der Waals surface area contributed by atoms with Crippen LogP contribution in [0.5, 0.6) is 0 Å². The molecule has 154 valence electrons. The van der Waals surface area contributed by atoms with Gasteiger partial charge in [0.25, 0.3) is 0 Å². The van der Waals surface area contributed by atoms with Crippen LogP contribution in [0.4, 0.5) is 0 Å². The molecule has 0 aromatic rings. The van der Waals surface area contributed by atoms with Gasteiger partial charge in [-0.1, -0.05) is 26.7 Å². The first-order chi connectivity index (χ1) is 12.1. The fraction of sp³-hybridized carbons (Fsp3) is 0.895. The summed E-state index contributed by atoms with van der Waals surface area (Å²) < 4.78 is 5.96. The van der Waals surface area contributed by atoms with E-state index in [4.69, 9.17) is 4.74 Å². The van der Waals surface area contributed by atoms with Crippen LogP contribution in [-0.4, -0.2) is 50.8 Å². The van der Waals surface area contributed by atoms with Crippen LogP contribution in [0.1, 0.15) is 59.8 Å². The van der Waals surface area contributed by atoms with Gasteiger partial charge in [0.1, 0.15) is 0 Å². The summed E-state index contributed by atoms with van der Waals surface area (Å²) >= 11 is 0. The zero-order valence-corrected chi connectivity index (χ0v) is 19.3. The van der Waals surface area contributed by atoms with Crippen molar-refractivity contribution in [2.45, 2.75) is 65.9 Å². The normalized spacial score (nSPS) is 16.3. The van der Waals surface area contributed by atoms with Crippen molar-refractivity contribution in [2.24, 2.45) is 16.8 Å². The second kappa shape index (κ2) is 15.5. The Balaban J connectivity index is 0.00000625. The van der Waals surface area contributed by atoms with Crippen molar-refractivity contribution in [3.05, 3.63) is 0 Å². The van der Waals surface area contributed by atoms with Crippen molar-refractivity contribution in [3.8, 4) is 0 Å². The molecule has 1 aliphatic rings. The van der Waals surface area contributed by atoms with Gasteiger partial charge >= 0.3 is 0 Å². The highest BCUT2D eigenvalue weighted by Gasteiger charge is 2.24. The van der Waals surface area contributed by atoms with Crippen LogP contribution in [0, 0.1) is 11.8 Å². The van der Waals surface area contributed by atoms with Gasteiger partial charge in [0.05, 0.1) is 6.10 Å². The predicted octanol–water partition coefficient (Wildman–Crippen LogP) is 2.92. The Morgan fingerprint density at radius 3 is 2.35 bits per heavy atom. The zero-order valence-electron chi connectivity index (χ0n) is 17.0. The molecule has 1 saturated carbocycles. The average molecular weight is 482 g/mol. The Morgan fingerprint density at radius 2 is 1.77 bits per heavy atom. The Kier molecular flexibility index (Phi) is 15.1. The van der Waals surface area contributed by atoms with Crippen LogP contribution in [0.2, 0.25) is 0 Å². The largest absolute Gasteiger partial charge is 0.378 e. The lowest BCUT2D eigenvalue weighted by molar-refractivity contribution is -0.123. The first-order valence-corrected chi connectivity index (χ1v) is 9.99. The summed E-state index contributed by atoms with van der Waals surface area (Å²) in [5.74, 6) is 1.62. The monoisotopic (exact) mass is 482 g/mol.